The molecule has 0 spiro atoms. The van der Waals surface area contributed by atoms with Gasteiger partial charge in [-0.15, -0.1) is 0 Å². The van der Waals surface area contributed by atoms with Crippen LogP contribution in [0.25, 0.3) is 0 Å². The van der Waals surface area contributed by atoms with Crippen LogP contribution in [-0.2, 0) is 6.42 Å². The van der Waals surface area contributed by atoms with Crippen molar-refractivity contribution in [1.29, 1.82) is 0 Å². The van der Waals surface area contributed by atoms with Gasteiger partial charge in [0.2, 0.25) is 0 Å². The zero-order valence-corrected chi connectivity index (χ0v) is 9.69. The average Bonchev–Trinajstić information content (AvgIpc) is 2.26. The largest absolute Gasteiger partial charge is 0.381 e. The van der Waals surface area contributed by atoms with Crippen LogP contribution in [0, 0.1) is 0 Å². The number of allylic oxidation sites excluding steroid dienone is 1. The number of hydrogen-bond donors (Lipinski definition) is 0. The molecule has 0 N–H and O–H groups in total. The molecule has 1 aromatic heterocycles. The maximum atomic E-state index is 4.11. The molecule has 1 rings (SSSR count). The predicted octanol–water partition coefficient (Wildman–Crippen LogP) is 2.87. The number of aryl methyl sites for hydroxylation is 1. The molecule has 0 unspecified atom stereocenters. The minimum absolute atomic E-state index is 1.13. The highest BCUT2D eigenvalue weighted by molar-refractivity contribution is 5.08. The summed E-state index contributed by atoms with van der Waals surface area (Å²) in [4.78, 5) is 6.33. The molecule has 0 radical (unpaired) electrons. The summed E-state index contributed by atoms with van der Waals surface area (Å²) >= 11 is 0. The fourth-order valence-electron chi connectivity index (χ4n) is 1.57. The second-order valence-electron chi connectivity index (χ2n) is 3.78. The summed E-state index contributed by atoms with van der Waals surface area (Å²) in [6.45, 7) is 3.18. The van der Waals surface area contributed by atoms with Gasteiger partial charge in [0.05, 0.1) is 0 Å². The highest BCUT2D eigenvalue weighted by Gasteiger charge is 1.94. The van der Waals surface area contributed by atoms with Crippen LogP contribution < -0.4 is 0 Å². The van der Waals surface area contributed by atoms with E-state index >= 15 is 0 Å². The van der Waals surface area contributed by atoms with E-state index < -0.39 is 0 Å². The van der Waals surface area contributed by atoms with Crippen molar-refractivity contribution in [2.45, 2.75) is 26.2 Å². The van der Waals surface area contributed by atoms with Gasteiger partial charge >= 0.3 is 0 Å². The van der Waals surface area contributed by atoms with Crippen molar-refractivity contribution < 1.29 is 0 Å². The van der Waals surface area contributed by atoms with Crippen molar-refractivity contribution in [3.63, 3.8) is 0 Å². The zero-order chi connectivity index (χ0) is 10.9. The van der Waals surface area contributed by atoms with Gasteiger partial charge in [0.25, 0.3) is 0 Å². The van der Waals surface area contributed by atoms with Crippen LogP contribution in [0.1, 0.15) is 25.3 Å². The van der Waals surface area contributed by atoms with Crippen LogP contribution in [0.15, 0.2) is 36.8 Å². The molecule has 0 saturated heterocycles. The van der Waals surface area contributed by atoms with Gasteiger partial charge < -0.3 is 4.90 Å². The Labute approximate surface area is 92.6 Å². The summed E-state index contributed by atoms with van der Waals surface area (Å²) in [5.41, 5.74) is 1.34. The molecule has 0 bridgehead atoms. The molecule has 1 heterocycles. The van der Waals surface area contributed by atoms with Gasteiger partial charge in [0.1, 0.15) is 0 Å². The molecule has 2 heteroatoms. The Hall–Kier alpha value is -1.31. The number of unbranched alkanes of at least 4 members (excludes halogenated alkanes) is 1. The number of rotatable bonds is 6. The van der Waals surface area contributed by atoms with Crippen LogP contribution >= 0.6 is 0 Å². The Kier molecular flexibility index (Phi) is 5.52. The minimum atomic E-state index is 1.13. The van der Waals surface area contributed by atoms with E-state index in [2.05, 4.69) is 35.3 Å². The minimum Gasteiger partial charge on any atom is -0.381 e. The molecule has 1 aromatic rings. The van der Waals surface area contributed by atoms with E-state index in [4.69, 9.17) is 0 Å². The van der Waals surface area contributed by atoms with E-state index in [0.717, 1.165) is 13.0 Å². The monoisotopic (exact) mass is 204 g/mol. The van der Waals surface area contributed by atoms with Crippen molar-refractivity contribution in [1.82, 2.24) is 9.88 Å². The van der Waals surface area contributed by atoms with E-state index in [1.807, 2.05) is 25.4 Å². The summed E-state index contributed by atoms with van der Waals surface area (Å²) in [7, 11) is 2.12. The maximum Gasteiger partial charge on any atom is 0.0299 e. The molecule has 0 aliphatic rings. The van der Waals surface area contributed by atoms with Gasteiger partial charge in [0.15, 0.2) is 0 Å². The quantitative estimate of drug-likeness (QED) is 0.662. The standard InChI is InChI=1S/C13H20N2/c1-3-10-15(2)11-5-4-7-13-8-6-9-14-12-13/h3,6,8-10,12H,4-5,7,11H2,1-2H3. The lowest BCUT2D eigenvalue weighted by Crippen LogP contribution is -2.11. The summed E-state index contributed by atoms with van der Waals surface area (Å²) in [6.07, 6.45) is 11.6. The van der Waals surface area contributed by atoms with Crippen molar-refractivity contribution in [2.24, 2.45) is 0 Å². The lowest BCUT2D eigenvalue weighted by molar-refractivity contribution is 0.436. The van der Waals surface area contributed by atoms with Gasteiger partial charge in [-0.05, 0) is 44.0 Å². The Balaban J connectivity index is 2.12. The number of hydrogen-bond acceptors (Lipinski definition) is 2. The second kappa shape index (κ2) is 7.04. The first-order chi connectivity index (χ1) is 7.33. The third-order valence-corrected chi connectivity index (χ3v) is 2.35. The molecule has 15 heavy (non-hydrogen) atoms. The Bertz CT molecular complexity index is 280. The number of aromatic nitrogens is 1. The normalized spacial score (nSPS) is 10.8. The fourth-order valence-corrected chi connectivity index (χ4v) is 1.57. The first-order valence-electron chi connectivity index (χ1n) is 5.55. The third kappa shape index (κ3) is 5.21. The Morgan fingerprint density at radius 2 is 2.27 bits per heavy atom. The third-order valence-electron chi connectivity index (χ3n) is 2.35. The van der Waals surface area contributed by atoms with Crippen LogP contribution in [0.2, 0.25) is 0 Å². The van der Waals surface area contributed by atoms with E-state index in [1.54, 1.807) is 0 Å². The van der Waals surface area contributed by atoms with Gasteiger partial charge in [-0.25, -0.2) is 0 Å². The van der Waals surface area contributed by atoms with Crippen LogP contribution in [-0.4, -0.2) is 23.5 Å². The molecule has 82 valence electrons. The molecule has 2 nitrogen and oxygen atoms in total. The average molecular weight is 204 g/mol. The molecular weight excluding hydrogens is 184 g/mol. The number of nitrogens with zero attached hydrogens (tertiary/aromatic N) is 2. The van der Waals surface area contributed by atoms with Crippen LogP contribution in [0.3, 0.4) is 0 Å². The maximum absolute atomic E-state index is 4.11. The van der Waals surface area contributed by atoms with Gasteiger partial charge in [-0.2, -0.15) is 0 Å². The number of pyridine rings is 1. The lowest BCUT2D eigenvalue weighted by atomic mass is 10.1. The molecule has 0 aliphatic carbocycles. The van der Waals surface area contributed by atoms with Crippen molar-refractivity contribution in [3.8, 4) is 0 Å². The Morgan fingerprint density at radius 1 is 1.40 bits per heavy atom. The van der Waals surface area contributed by atoms with Crippen molar-refractivity contribution in [3.05, 3.63) is 42.4 Å². The highest BCUT2D eigenvalue weighted by atomic mass is 15.1. The van der Waals surface area contributed by atoms with Crippen LogP contribution in [0.5, 0.6) is 0 Å². The van der Waals surface area contributed by atoms with E-state index in [1.165, 1.54) is 18.4 Å². The first-order valence-corrected chi connectivity index (χ1v) is 5.55. The van der Waals surface area contributed by atoms with E-state index in [9.17, 15) is 0 Å². The van der Waals surface area contributed by atoms with E-state index in [-0.39, 0.29) is 0 Å². The topological polar surface area (TPSA) is 16.1 Å². The van der Waals surface area contributed by atoms with Gasteiger partial charge in [-0.3, -0.25) is 4.98 Å². The molecule has 0 atom stereocenters. The molecule has 0 aromatic carbocycles. The molecule has 0 amide bonds. The smallest absolute Gasteiger partial charge is 0.0299 e. The molecule has 0 aliphatic heterocycles. The van der Waals surface area contributed by atoms with Crippen LogP contribution in [0.4, 0.5) is 0 Å². The SMILES string of the molecule is CC=CN(C)CCCCc1cccnc1. The predicted molar refractivity (Wildman–Crippen MR) is 64.6 cm³/mol. The molecule has 0 fully saturated rings. The fraction of sp³-hybridized carbons (Fsp3) is 0.462. The van der Waals surface area contributed by atoms with Crippen molar-refractivity contribution >= 4 is 0 Å². The summed E-state index contributed by atoms with van der Waals surface area (Å²) in [6, 6.07) is 4.14. The van der Waals surface area contributed by atoms with Gasteiger partial charge in [-0.1, -0.05) is 12.1 Å². The van der Waals surface area contributed by atoms with E-state index in [0.29, 0.717) is 0 Å². The summed E-state index contributed by atoms with van der Waals surface area (Å²) < 4.78 is 0. The first kappa shape index (κ1) is 11.8. The lowest BCUT2D eigenvalue weighted by Gasteiger charge is -2.12. The summed E-state index contributed by atoms with van der Waals surface area (Å²) in [5.74, 6) is 0. The second-order valence-corrected chi connectivity index (χ2v) is 3.78. The molecular formula is C13H20N2. The Morgan fingerprint density at radius 3 is 2.93 bits per heavy atom. The van der Waals surface area contributed by atoms with Crippen molar-refractivity contribution in [2.75, 3.05) is 13.6 Å². The highest BCUT2D eigenvalue weighted by Crippen LogP contribution is 2.03. The molecule has 0 saturated carbocycles. The summed E-state index contributed by atoms with van der Waals surface area (Å²) in [5, 5.41) is 0. The zero-order valence-electron chi connectivity index (χ0n) is 9.69. The van der Waals surface area contributed by atoms with Gasteiger partial charge in [0, 0.05) is 26.0 Å².